The lowest BCUT2D eigenvalue weighted by Gasteiger charge is -2.35. The molecule has 0 aromatic heterocycles. The summed E-state index contributed by atoms with van der Waals surface area (Å²) in [6.45, 7) is 8.78. The topological polar surface area (TPSA) is 15.3 Å². The molecule has 1 saturated carbocycles. The third-order valence-corrected chi connectivity index (χ3v) is 4.53. The van der Waals surface area contributed by atoms with Gasteiger partial charge in [0.1, 0.15) is 0 Å². The molecule has 20 heavy (non-hydrogen) atoms. The van der Waals surface area contributed by atoms with Gasteiger partial charge in [0.05, 0.1) is 0 Å². The van der Waals surface area contributed by atoms with Crippen molar-refractivity contribution in [1.82, 2.24) is 10.2 Å². The molecule has 1 N–H and O–H groups in total. The standard InChI is InChI=1S/C18H30N2/c1-5-19-17-6-8-18(9-7-17)20(4)13-16-11-14(2)10-15(3)12-16/h10-12,17-19H,5-9,13H2,1-4H3. The van der Waals surface area contributed by atoms with E-state index in [0.29, 0.717) is 0 Å². The zero-order chi connectivity index (χ0) is 14.5. The van der Waals surface area contributed by atoms with Crippen LogP contribution in [0.15, 0.2) is 18.2 Å². The van der Waals surface area contributed by atoms with Crippen LogP contribution in [0.4, 0.5) is 0 Å². The zero-order valence-electron chi connectivity index (χ0n) is 13.6. The highest BCUT2D eigenvalue weighted by atomic mass is 15.1. The van der Waals surface area contributed by atoms with Gasteiger partial charge in [0.2, 0.25) is 0 Å². The molecule has 2 nitrogen and oxygen atoms in total. The van der Waals surface area contributed by atoms with E-state index in [1.165, 1.54) is 42.4 Å². The average Bonchev–Trinajstić information content (AvgIpc) is 2.38. The monoisotopic (exact) mass is 274 g/mol. The lowest BCUT2D eigenvalue weighted by Crippen LogP contribution is -2.40. The Morgan fingerprint density at radius 2 is 1.65 bits per heavy atom. The van der Waals surface area contributed by atoms with Crippen LogP contribution in [0.5, 0.6) is 0 Å². The number of aryl methyl sites for hydroxylation is 2. The van der Waals surface area contributed by atoms with Gasteiger partial charge in [-0.3, -0.25) is 4.90 Å². The first-order valence-electron chi connectivity index (χ1n) is 8.09. The molecule has 0 heterocycles. The van der Waals surface area contributed by atoms with Gasteiger partial charge in [-0.1, -0.05) is 36.2 Å². The van der Waals surface area contributed by atoms with Crippen molar-refractivity contribution in [3.05, 3.63) is 34.9 Å². The number of nitrogens with one attached hydrogen (secondary N) is 1. The molecule has 0 bridgehead atoms. The smallest absolute Gasteiger partial charge is 0.0233 e. The summed E-state index contributed by atoms with van der Waals surface area (Å²) >= 11 is 0. The summed E-state index contributed by atoms with van der Waals surface area (Å²) in [6.07, 6.45) is 5.32. The molecule has 1 aromatic rings. The first kappa shape index (κ1) is 15.5. The second kappa shape index (κ2) is 7.24. The molecular formula is C18H30N2. The van der Waals surface area contributed by atoms with Gasteiger partial charge in [-0.15, -0.1) is 0 Å². The quantitative estimate of drug-likeness (QED) is 0.881. The minimum absolute atomic E-state index is 0.755. The minimum atomic E-state index is 0.755. The molecule has 0 unspecified atom stereocenters. The van der Waals surface area contributed by atoms with Crippen LogP contribution >= 0.6 is 0 Å². The fourth-order valence-corrected chi connectivity index (χ4v) is 3.59. The van der Waals surface area contributed by atoms with E-state index in [9.17, 15) is 0 Å². The van der Waals surface area contributed by atoms with Gasteiger partial charge < -0.3 is 5.32 Å². The number of nitrogens with zero attached hydrogens (tertiary/aromatic N) is 1. The molecule has 1 aromatic carbocycles. The Hall–Kier alpha value is -0.860. The highest BCUT2D eigenvalue weighted by Crippen LogP contribution is 2.24. The molecule has 0 saturated heterocycles. The zero-order valence-corrected chi connectivity index (χ0v) is 13.6. The van der Waals surface area contributed by atoms with E-state index in [1.807, 2.05) is 0 Å². The van der Waals surface area contributed by atoms with Crippen molar-refractivity contribution in [3.8, 4) is 0 Å². The SMILES string of the molecule is CCNC1CCC(N(C)Cc2cc(C)cc(C)c2)CC1. The number of rotatable bonds is 5. The second-order valence-electron chi connectivity index (χ2n) is 6.47. The number of hydrogen-bond donors (Lipinski definition) is 1. The summed E-state index contributed by atoms with van der Waals surface area (Å²) in [7, 11) is 2.29. The number of benzene rings is 1. The molecule has 0 radical (unpaired) electrons. The van der Waals surface area contributed by atoms with Crippen LogP contribution < -0.4 is 5.32 Å². The van der Waals surface area contributed by atoms with Crippen molar-refractivity contribution in [3.63, 3.8) is 0 Å². The van der Waals surface area contributed by atoms with Gasteiger partial charge in [-0.05, 0) is 58.7 Å². The van der Waals surface area contributed by atoms with Crippen molar-refractivity contribution in [2.45, 2.75) is 65.1 Å². The lowest BCUT2D eigenvalue weighted by atomic mass is 9.90. The number of hydrogen-bond acceptors (Lipinski definition) is 2. The Kier molecular flexibility index (Phi) is 5.62. The summed E-state index contributed by atoms with van der Waals surface area (Å²) in [6, 6.07) is 8.42. The van der Waals surface area contributed by atoms with Gasteiger partial charge in [-0.2, -0.15) is 0 Å². The largest absolute Gasteiger partial charge is 0.314 e. The Morgan fingerprint density at radius 3 is 2.20 bits per heavy atom. The van der Waals surface area contributed by atoms with Crippen LogP contribution in [0.1, 0.15) is 49.3 Å². The summed E-state index contributed by atoms with van der Waals surface area (Å²) < 4.78 is 0. The van der Waals surface area contributed by atoms with E-state index < -0.39 is 0 Å². The Bertz CT molecular complexity index is 399. The van der Waals surface area contributed by atoms with Crippen LogP contribution in [-0.4, -0.2) is 30.6 Å². The fraction of sp³-hybridized carbons (Fsp3) is 0.667. The molecule has 0 amide bonds. The van der Waals surface area contributed by atoms with Crippen LogP contribution in [0.25, 0.3) is 0 Å². The predicted molar refractivity (Wildman–Crippen MR) is 87.1 cm³/mol. The maximum absolute atomic E-state index is 3.59. The highest BCUT2D eigenvalue weighted by molar-refractivity contribution is 5.28. The van der Waals surface area contributed by atoms with Gasteiger partial charge >= 0.3 is 0 Å². The molecule has 2 rings (SSSR count). The minimum Gasteiger partial charge on any atom is -0.314 e. The Balaban J connectivity index is 1.87. The van der Waals surface area contributed by atoms with E-state index in [0.717, 1.165) is 25.2 Å². The van der Waals surface area contributed by atoms with E-state index in [1.54, 1.807) is 0 Å². The molecule has 0 spiro atoms. The summed E-state index contributed by atoms with van der Waals surface area (Å²) in [5, 5.41) is 3.59. The first-order chi connectivity index (χ1) is 9.58. The van der Waals surface area contributed by atoms with Crippen LogP contribution in [0, 0.1) is 13.8 Å². The van der Waals surface area contributed by atoms with Gasteiger partial charge in [0.15, 0.2) is 0 Å². The molecule has 2 heteroatoms. The highest BCUT2D eigenvalue weighted by Gasteiger charge is 2.23. The van der Waals surface area contributed by atoms with Crippen molar-refractivity contribution in [2.75, 3.05) is 13.6 Å². The van der Waals surface area contributed by atoms with Crippen LogP contribution in [-0.2, 0) is 6.54 Å². The molecule has 0 atom stereocenters. The third-order valence-electron chi connectivity index (χ3n) is 4.53. The summed E-state index contributed by atoms with van der Waals surface area (Å²) in [5.74, 6) is 0. The van der Waals surface area contributed by atoms with Crippen LogP contribution in [0.2, 0.25) is 0 Å². The van der Waals surface area contributed by atoms with Gasteiger partial charge in [0.25, 0.3) is 0 Å². The Labute approximate surface area is 124 Å². The lowest BCUT2D eigenvalue weighted by molar-refractivity contribution is 0.168. The Morgan fingerprint density at radius 1 is 1.05 bits per heavy atom. The van der Waals surface area contributed by atoms with E-state index >= 15 is 0 Å². The average molecular weight is 274 g/mol. The van der Waals surface area contributed by atoms with Crippen molar-refractivity contribution in [1.29, 1.82) is 0 Å². The molecular weight excluding hydrogens is 244 g/mol. The molecule has 0 aliphatic heterocycles. The summed E-state index contributed by atoms with van der Waals surface area (Å²) in [5.41, 5.74) is 4.22. The predicted octanol–water partition coefficient (Wildman–Crippen LogP) is 3.66. The van der Waals surface area contributed by atoms with Gasteiger partial charge in [-0.25, -0.2) is 0 Å². The van der Waals surface area contributed by atoms with E-state index in [4.69, 9.17) is 0 Å². The van der Waals surface area contributed by atoms with Crippen molar-refractivity contribution in [2.24, 2.45) is 0 Å². The van der Waals surface area contributed by atoms with E-state index in [2.05, 4.69) is 56.2 Å². The molecule has 1 fully saturated rings. The summed E-state index contributed by atoms with van der Waals surface area (Å²) in [4.78, 5) is 2.55. The van der Waals surface area contributed by atoms with Crippen LogP contribution in [0.3, 0.4) is 0 Å². The molecule has 1 aliphatic carbocycles. The first-order valence-corrected chi connectivity index (χ1v) is 8.09. The fourth-order valence-electron chi connectivity index (χ4n) is 3.59. The molecule has 1 aliphatic rings. The normalized spacial score (nSPS) is 23.2. The van der Waals surface area contributed by atoms with E-state index in [-0.39, 0.29) is 0 Å². The molecule has 112 valence electrons. The second-order valence-corrected chi connectivity index (χ2v) is 6.47. The maximum atomic E-state index is 3.59. The van der Waals surface area contributed by atoms with Crippen molar-refractivity contribution < 1.29 is 0 Å². The van der Waals surface area contributed by atoms with Gasteiger partial charge in [0, 0.05) is 18.6 Å². The van der Waals surface area contributed by atoms with Crippen molar-refractivity contribution >= 4 is 0 Å². The maximum Gasteiger partial charge on any atom is 0.0233 e. The third kappa shape index (κ3) is 4.32.